The lowest BCUT2D eigenvalue weighted by Gasteiger charge is -2.32. The molecule has 1 saturated carbocycles. The maximum atomic E-state index is 2.44. The van der Waals surface area contributed by atoms with Crippen molar-refractivity contribution in [1.29, 1.82) is 0 Å². The van der Waals surface area contributed by atoms with Gasteiger partial charge in [-0.2, -0.15) is 0 Å². The van der Waals surface area contributed by atoms with Gasteiger partial charge in [-0.25, -0.2) is 0 Å². The second-order valence-electron chi connectivity index (χ2n) is 4.44. The molecule has 0 aromatic rings. The molecule has 3 unspecified atom stereocenters. The summed E-state index contributed by atoms with van der Waals surface area (Å²) in [5, 5.41) is 0. The van der Waals surface area contributed by atoms with Crippen LogP contribution in [0.3, 0.4) is 0 Å². The summed E-state index contributed by atoms with van der Waals surface area (Å²) in [7, 11) is 0. The molecule has 0 heterocycles. The molecule has 66 valence electrons. The van der Waals surface area contributed by atoms with Gasteiger partial charge in [0, 0.05) is 0 Å². The quantitative estimate of drug-likeness (QED) is 0.566. The molecule has 0 heteroatoms. The Hall–Kier alpha value is 0. The van der Waals surface area contributed by atoms with E-state index >= 15 is 0 Å². The highest BCUT2D eigenvalue weighted by Crippen LogP contribution is 2.35. The first-order valence-electron chi connectivity index (χ1n) is 5.24. The average Bonchev–Trinajstić information content (AvgIpc) is 1.95. The van der Waals surface area contributed by atoms with Crippen molar-refractivity contribution in [3.05, 3.63) is 0 Å². The monoisotopic (exact) mass is 154 g/mol. The van der Waals surface area contributed by atoms with E-state index in [-0.39, 0.29) is 0 Å². The van der Waals surface area contributed by atoms with Crippen molar-refractivity contribution in [3.63, 3.8) is 0 Å². The van der Waals surface area contributed by atoms with Crippen LogP contribution in [0.25, 0.3) is 0 Å². The molecule has 1 aliphatic rings. The van der Waals surface area contributed by atoms with E-state index in [0.29, 0.717) is 0 Å². The van der Waals surface area contributed by atoms with Gasteiger partial charge in [-0.05, 0) is 30.6 Å². The third kappa shape index (κ3) is 2.50. The smallest absolute Gasteiger partial charge is 0.0388 e. The third-order valence-corrected chi connectivity index (χ3v) is 3.27. The first-order chi connectivity index (χ1) is 5.24. The topological polar surface area (TPSA) is 0 Å². The fourth-order valence-electron chi connectivity index (χ4n) is 2.53. The fraction of sp³-hybridized carbons (Fsp3) is 1.00. The van der Waals surface area contributed by atoms with E-state index in [2.05, 4.69) is 20.8 Å². The summed E-state index contributed by atoms with van der Waals surface area (Å²) in [6.07, 6.45) is 7.30. The van der Waals surface area contributed by atoms with Gasteiger partial charge < -0.3 is 0 Å². The Morgan fingerprint density at radius 1 is 1.18 bits per heavy atom. The first kappa shape index (κ1) is 9.09. The molecule has 0 nitrogen and oxygen atoms in total. The Morgan fingerprint density at radius 3 is 2.45 bits per heavy atom. The van der Waals surface area contributed by atoms with Crippen LogP contribution in [0.1, 0.15) is 52.9 Å². The minimum atomic E-state index is 0.998. The summed E-state index contributed by atoms with van der Waals surface area (Å²) < 4.78 is 0. The summed E-state index contributed by atoms with van der Waals surface area (Å²) in [6.45, 7) is 7.15. The maximum absolute atomic E-state index is 2.44. The molecule has 0 aromatic carbocycles. The lowest BCUT2D eigenvalue weighted by molar-refractivity contribution is 0.193. The highest BCUT2D eigenvalue weighted by atomic mass is 14.3. The molecule has 1 fully saturated rings. The van der Waals surface area contributed by atoms with Crippen LogP contribution in [0.4, 0.5) is 0 Å². The lowest BCUT2D eigenvalue weighted by atomic mass is 9.74. The van der Waals surface area contributed by atoms with E-state index in [0.717, 1.165) is 17.8 Å². The summed E-state index contributed by atoms with van der Waals surface area (Å²) >= 11 is 0. The highest BCUT2D eigenvalue weighted by molar-refractivity contribution is 4.75. The van der Waals surface area contributed by atoms with E-state index < -0.39 is 0 Å². The van der Waals surface area contributed by atoms with Gasteiger partial charge in [0.2, 0.25) is 0 Å². The summed E-state index contributed by atoms with van der Waals surface area (Å²) in [6, 6.07) is 0. The molecule has 0 spiro atoms. The van der Waals surface area contributed by atoms with E-state index in [9.17, 15) is 0 Å². The standard InChI is InChI=1S/C11H22/c1-4-5-11-7-6-9(2)8-10(11)3/h9-11H,4-8H2,1-3H3. The summed E-state index contributed by atoms with van der Waals surface area (Å²) in [5.74, 6) is 3.05. The van der Waals surface area contributed by atoms with Crippen LogP contribution >= 0.6 is 0 Å². The molecule has 0 aromatic heterocycles. The Bertz CT molecular complexity index is 107. The number of rotatable bonds is 2. The van der Waals surface area contributed by atoms with Crippen molar-refractivity contribution in [2.75, 3.05) is 0 Å². The Kier molecular flexibility index (Phi) is 3.42. The average molecular weight is 154 g/mol. The van der Waals surface area contributed by atoms with Gasteiger partial charge in [0.05, 0.1) is 0 Å². The second kappa shape index (κ2) is 4.13. The van der Waals surface area contributed by atoms with Crippen molar-refractivity contribution >= 4 is 0 Å². The zero-order chi connectivity index (χ0) is 8.27. The third-order valence-electron chi connectivity index (χ3n) is 3.27. The van der Waals surface area contributed by atoms with Crippen molar-refractivity contribution in [2.24, 2.45) is 17.8 Å². The van der Waals surface area contributed by atoms with Crippen LogP contribution in [0.15, 0.2) is 0 Å². The normalized spacial score (nSPS) is 39.0. The van der Waals surface area contributed by atoms with Gasteiger partial charge in [0.15, 0.2) is 0 Å². The fourth-order valence-corrected chi connectivity index (χ4v) is 2.53. The van der Waals surface area contributed by atoms with Crippen LogP contribution in [0.2, 0.25) is 0 Å². The van der Waals surface area contributed by atoms with E-state index in [4.69, 9.17) is 0 Å². The van der Waals surface area contributed by atoms with Crippen molar-refractivity contribution in [2.45, 2.75) is 52.9 Å². The molecule has 0 bridgehead atoms. The molecule has 11 heavy (non-hydrogen) atoms. The molecule has 3 atom stereocenters. The van der Waals surface area contributed by atoms with Gasteiger partial charge in [0.25, 0.3) is 0 Å². The van der Waals surface area contributed by atoms with Crippen LogP contribution < -0.4 is 0 Å². The molecule has 0 saturated heterocycles. The lowest BCUT2D eigenvalue weighted by Crippen LogP contribution is -2.21. The van der Waals surface area contributed by atoms with Gasteiger partial charge in [0.1, 0.15) is 0 Å². The first-order valence-corrected chi connectivity index (χ1v) is 5.24. The largest absolute Gasteiger partial charge is 0.0654 e. The Labute approximate surface area is 71.4 Å². The minimum Gasteiger partial charge on any atom is -0.0654 e. The van der Waals surface area contributed by atoms with Gasteiger partial charge in [-0.1, -0.05) is 40.0 Å². The highest BCUT2D eigenvalue weighted by Gasteiger charge is 2.23. The second-order valence-corrected chi connectivity index (χ2v) is 4.44. The molecular formula is C11H22. The number of hydrogen-bond acceptors (Lipinski definition) is 0. The number of hydrogen-bond donors (Lipinski definition) is 0. The zero-order valence-corrected chi connectivity index (χ0v) is 8.27. The molecule has 0 N–H and O–H groups in total. The van der Waals surface area contributed by atoms with Crippen LogP contribution in [0.5, 0.6) is 0 Å². The van der Waals surface area contributed by atoms with Crippen molar-refractivity contribution < 1.29 is 0 Å². The molecule has 1 aliphatic carbocycles. The molecular weight excluding hydrogens is 132 g/mol. The van der Waals surface area contributed by atoms with Crippen LogP contribution in [-0.4, -0.2) is 0 Å². The van der Waals surface area contributed by atoms with Crippen molar-refractivity contribution in [3.8, 4) is 0 Å². The van der Waals surface area contributed by atoms with E-state index in [1.165, 1.54) is 32.1 Å². The predicted octanol–water partition coefficient (Wildman–Crippen LogP) is 3.86. The predicted molar refractivity (Wildman–Crippen MR) is 50.6 cm³/mol. The van der Waals surface area contributed by atoms with Crippen molar-refractivity contribution in [1.82, 2.24) is 0 Å². The molecule has 0 radical (unpaired) electrons. The van der Waals surface area contributed by atoms with E-state index in [1.807, 2.05) is 0 Å². The zero-order valence-electron chi connectivity index (χ0n) is 8.27. The molecule has 1 rings (SSSR count). The van der Waals surface area contributed by atoms with E-state index in [1.54, 1.807) is 0 Å². The Balaban J connectivity index is 2.31. The summed E-state index contributed by atoms with van der Waals surface area (Å²) in [4.78, 5) is 0. The molecule has 0 amide bonds. The van der Waals surface area contributed by atoms with Gasteiger partial charge in [-0.15, -0.1) is 0 Å². The molecule has 0 aliphatic heterocycles. The minimum absolute atomic E-state index is 0.998. The van der Waals surface area contributed by atoms with Gasteiger partial charge >= 0.3 is 0 Å². The Morgan fingerprint density at radius 2 is 1.91 bits per heavy atom. The summed E-state index contributed by atoms with van der Waals surface area (Å²) in [5.41, 5.74) is 0. The van der Waals surface area contributed by atoms with Gasteiger partial charge in [-0.3, -0.25) is 0 Å². The maximum Gasteiger partial charge on any atom is -0.0388 e. The van der Waals surface area contributed by atoms with Crippen LogP contribution in [-0.2, 0) is 0 Å². The SMILES string of the molecule is CCCC1CCC(C)CC1C. The van der Waals surface area contributed by atoms with Crippen LogP contribution in [0, 0.1) is 17.8 Å².